The van der Waals surface area contributed by atoms with Crippen molar-refractivity contribution >= 4 is 11.9 Å². The molecule has 0 heterocycles. The first kappa shape index (κ1) is 10.2. The average Bonchev–Trinajstić information content (AvgIpc) is 2.76. The first-order valence-electron chi connectivity index (χ1n) is 4.89. The number of rotatable bonds is 3. The second kappa shape index (κ2) is 3.66. The Morgan fingerprint density at radius 1 is 1.33 bits per heavy atom. The molecular weight excluding hydrogens is 198 g/mol. The molecule has 2 unspecified atom stereocenters. The second-order valence-electron chi connectivity index (χ2n) is 4.01. The van der Waals surface area contributed by atoms with E-state index in [1.54, 1.807) is 0 Å². The Hall–Kier alpha value is -1.36. The number of fused-ring (bicyclic) bond motifs is 2. The van der Waals surface area contributed by atoms with Crippen LogP contribution in [0.2, 0.25) is 0 Å². The fourth-order valence-corrected chi connectivity index (χ4v) is 2.68. The summed E-state index contributed by atoms with van der Waals surface area (Å²) >= 11 is 0. The Labute approximate surface area is 87.1 Å². The minimum absolute atomic E-state index is 0.0000983. The minimum Gasteiger partial charge on any atom is -0.481 e. The first-order chi connectivity index (χ1) is 7.15. The van der Waals surface area contributed by atoms with E-state index in [0.717, 1.165) is 6.42 Å². The lowest BCUT2D eigenvalue weighted by Crippen LogP contribution is -2.39. The Kier molecular flexibility index (Phi) is 2.48. The Morgan fingerprint density at radius 2 is 1.93 bits per heavy atom. The molecule has 2 N–H and O–H groups in total. The second-order valence-corrected chi connectivity index (χ2v) is 4.01. The maximum Gasteiger partial charge on any atom is 0.307 e. The Bertz CT molecular complexity index is 325. The SMILES string of the molecule is CONC(=O)[C@H]1C2C=CC(C2)[C@H]1C(=O)O. The third kappa shape index (κ3) is 1.52. The van der Waals surface area contributed by atoms with Gasteiger partial charge in [0.15, 0.2) is 0 Å². The molecule has 0 aromatic carbocycles. The highest BCUT2D eigenvalue weighted by atomic mass is 16.6. The number of nitrogens with one attached hydrogen (secondary N) is 1. The van der Waals surface area contributed by atoms with Gasteiger partial charge in [-0.05, 0) is 18.3 Å². The zero-order chi connectivity index (χ0) is 11.0. The molecular formula is C10H13NO4. The number of hydrogen-bond donors (Lipinski definition) is 2. The third-order valence-corrected chi connectivity index (χ3v) is 3.25. The number of carbonyl (C=O) groups excluding carboxylic acids is 1. The van der Waals surface area contributed by atoms with Crippen molar-refractivity contribution in [2.75, 3.05) is 7.11 Å². The van der Waals surface area contributed by atoms with Crippen LogP contribution < -0.4 is 5.48 Å². The van der Waals surface area contributed by atoms with Crippen LogP contribution in [0.1, 0.15) is 6.42 Å². The molecule has 2 aliphatic rings. The summed E-state index contributed by atoms with van der Waals surface area (Å²) in [4.78, 5) is 27.2. The van der Waals surface area contributed by atoms with E-state index in [0.29, 0.717) is 0 Å². The third-order valence-electron chi connectivity index (χ3n) is 3.25. The van der Waals surface area contributed by atoms with Crippen molar-refractivity contribution in [2.24, 2.45) is 23.7 Å². The Balaban J connectivity index is 2.19. The fourth-order valence-electron chi connectivity index (χ4n) is 2.68. The summed E-state index contributed by atoms with van der Waals surface area (Å²) in [7, 11) is 1.34. The average molecular weight is 211 g/mol. The van der Waals surface area contributed by atoms with Crippen LogP contribution in [0, 0.1) is 23.7 Å². The van der Waals surface area contributed by atoms with Gasteiger partial charge in [-0.2, -0.15) is 0 Å². The minimum atomic E-state index is -0.900. The molecule has 1 saturated carbocycles. The van der Waals surface area contributed by atoms with Crippen molar-refractivity contribution in [1.29, 1.82) is 0 Å². The number of carboxylic acids is 1. The molecule has 0 aromatic rings. The number of hydrogen-bond acceptors (Lipinski definition) is 3. The lowest BCUT2D eigenvalue weighted by molar-refractivity contribution is -0.150. The van der Waals surface area contributed by atoms with Gasteiger partial charge in [-0.3, -0.25) is 14.4 Å². The summed E-state index contributed by atoms with van der Waals surface area (Å²) in [6, 6.07) is 0. The van der Waals surface area contributed by atoms with Crippen molar-refractivity contribution in [3.63, 3.8) is 0 Å². The fraction of sp³-hybridized carbons (Fsp3) is 0.600. The standard InChI is InChI=1S/C10H13NO4/c1-15-11-9(12)7-5-2-3-6(4-5)8(7)10(13)14/h2-3,5-8H,4H2,1H3,(H,11,12)(H,13,14)/t5?,6?,7-,8+/m0/s1. The summed E-state index contributed by atoms with van der Waals surface area (Å²) in [5, 5.41) is 9.07. The van der Waals surface area contributed by atoms with Crippen LogP contribution >= 0.6 is 0 Å². The van der Waals surface area contributed by atoms with E-state index >= 15 is 0 Å². The lowest BCUT2D eigenvalue weighted by Gasteiger charge is -2.22. The molecule has 2 aliphatic carbocycles. The number of carbonyl (C=O) groups is 2. The van der Waals surface area contributed by atoms with Gasteiger partial charge in [0.1, 0.15) is 0 Å². The van der Waals surface area contributed by atoms with E-state index in [9.17, 15) is 9.59 Å². The van der Waals surface area contributed by atoms with Gasteiger partial charge in [0.2, 0.25) is 5.91 Å². The van der Waals surface area contributed by atoms with Gasteiger partial charge in [-0.1, -0.05) is 12.2 Å². The summed E-state index contributed by atoms with van der Waals surface area (Å²) < 4.78 is 0. The molecule has 2 rings (SSSR count). The molecule has 0 radical (unpaired) electrons. The van der Waals surface area contributed by atoms with E-state index in [-0.39, 0.29) is 17.7 Å². The van der Waals surface area contributed by atoms with Gasteiger partial charge < -0.3 is 5.11 Å². The van der Waals surface area contributed by atoms with Crippen LogP contribution in [-0.2, 0) is 14.4 Å². The highest BCUT2D eigenvalue weighted by molar-refractivity contribution is 5.86. The largest absolute Gasteiger partial charge is 0.481 e. The van der Waals surface area contributed by atoms with Crippen LogP contribution in [0.25, 0.3) is 0 Å². The molecule has 82 valence electrons. The quantitative estimate of drug-likeness (QED) is 0.516. The number of allylic oxidation sites excluding steroid dienone is 2. The topological polar surface area (TPSA) is 75.6 Å². The molecule has 15 heavy (non-hydrogen) atoms. The molecule has 5 nitrogen and oxygen atoms in total. The van der Waals surface area contributed by atoms with Crippen LogP contribution in [0.3, 0.4) is 0 Å². The number of carboxylic acid groups (broad SMARTS) is 1. The van der Waals surface area contributed by atoms with Crippen molar-refractivity contribution in [3.8, 4) is 0 Å². The lowest BCUT2D eigenvalue weighted by atomic mass is 9.82. The van der Waals surface area contributed by atoms with Crippen LogP contribution in [0.15, 0.2) is 12.2 Å². The van der Waals surface area contributed by atoms with Gasteiger partial charge in [0.25, 0.3) is 0 Å². The monoisotopic (exact) mass is 211 g/mol. The van der Waals surface area contributed by atoms with Crippen molar-refractivity contribution in [2.45, 2.75) is 6.42 Å². The summed E-state index contributed by atoms with van der Waals surface area (Å²) in [5.74, 6) is -2.27. The molecule has 1 fully saturated rings. The highest BCUT2D eigenvalue weighted by Crippen LogP contribution is 2.48. The van der Waals surface area contributed by atoms with E-state index in [1.807, 2.05) is 12.2 Å². The zero-order valence-corrected chi connectivity index (χ0v) is 8.34. The molecule has 0 saturated heterocycles. The number of amides is 1. The van der Waals surface area contributed by atoms with Crippen molar-refractivity contribution in [1.82, 2.24) is 5.48 Å². The van der Waals surface area contributed by atoms with Gasteiger partial charge in [0.05, 0.1) is 18.9 Å². The summed E-state index contributed by atoms with van der Waals surface area (Å²) in [5.41, 5.74) is 2.22. The molecule has 4 atom stereocenters. The van der Waals surface area contributed by atoms with Crippen molar-refractivity contribution < 1.29 is 19.5 Å². The van der Waals surface area contributed by atoms with E-state index < -0.39 is 17.8 Å². The summed E-state index contributed by atoms with van der Waals surface area (Å²) in [6.07, 6.45) is 4.60. The highest BCUT2D eigenvalue weighted by Gasteiger charge is 2.51. The van der Waals surface area contributed by atoms with E-state index in [1.165, 1.54) is 7.11 Å². The van der Waals surface area contributed by atoms with Crippen LogP contribution in [-0.4, -0.2) is 24.1 Å². The normalized spacial score (nSPS) is 36.9. The van der Waals surface area contributed by atoms with E-state index in [2.05, 4.69) is 10.3 Å². The molecule has 0 spiro atoms. The molecule has 5 heteroatoms. The molecule has 1 amide bonds. The predicted octanol–water partition coefficient (Wildman–Crippen LogP) is 0.187. The van der Waals surface area contributed by atoms with Gasteiger partial charge in [-0.15, -0.1) is 0 Å². The van der Waals surface area contributed by atoms with Crippen molar-refractivity contribution in [3.05, 3.63) is 12.2 Å². The first-order valence-corrected chi connectivity index (χ1v) is 4.89. The summed E-state index contributed by atoms with van der Waals surface area (Å²) in [6.45, 7) is 0. The smallest absolute Gasteiger partial charge is 0.307 e. The number of hydroxylamine groups is 1. The van der Waals surface area contributed by atoms with Gasteiger partial charge in [-0.25, -0.2) is 5.48 Å². The van der Waals surface area contributed by atoms with Crippen LogP contribution in [0.5, 0.6) is 0 Å². The maximum atomic E-state index is 11.6. The van der Waals surface area contributed by atoms with Gasteiger partial charge >= 0.3 is 5.97 Å². The molecule has 2 bridgehead atoms. The van der Waals surface area contributed by atoms with Crippen LogP contribution in [0.4, 0.5) is 0 Å². The molecule has 0 aromatic heterocycles. The predicted molar refractivity (Wildman–Crippen MR) is 50.5 cm³/mol. The van der Waals surface area contributed by atoms with Gasteiger partial charge in [0, 0.05) is 0 Å². The van der Waals surface area contributed by atoms with E-state index in [4.69, 9.17) is 5.11 Å². The number of aliphatic carboxylic acids is 1. The Morgan fingerprint density at radius 3 is 2.47 bits per heavy atom. The zero-order valence-electron chi connectivity index (χ0n) is 8.34. The maximum absolute atomic E-state index is 11.6. The molecule has 0 aliphatic heterocycles.